The summed E-state index contributed by atoms with van der Waals surface area (Å²) in [5.74, 6) is 0. The molecule has 0 N–H and O–H groups in total. The topological polar surface area (TPSA) is 22.1 Å². The van der Waals surface area contributed by atoms with Gasteiger partial charge < -0.3 is 4.43 Å². The van der Waals surface area contributed by atoms with Crippen molar-refractivity contribution in [3.8, 4) is 0 Å². The first-order valence-corrected chi connectivity index (χ1v) is 9.94. The van der Waals surface area contributed by atoms with Crippen LogP contribution in [0, 0.1) is 0 Å². The lowest BCUT2D eigenvalue weighted by molar-refractivity contribution is 0.294. The van der Waals surface area contributed by atoms with Crippen molar-refractivity contribution in [2.45, 2.75) is 45.3 Å². The third-order valence-corrected chi connectivity index (χ3v) is 8.47. The smallest absolute Gasteiger partial charge is 0.191 e. The Morgan fingerprint density at radius 3 is 2.63 bits per heavy atom. The van der Waals surface area contributed by atoms with E-state index >= 15 is 0 Å². The first kappa shape index (κ1) is 16.4. The van der Waals surface area contributed by atoms with E-state index < -0.39 is 8.32 Å². The zero-order valence-electron chi connectivity index (χ0n) is 12.5. The van der Waals surface area contributed by atoms with Crippen LogP contribution in [0.15, 0.2) is 24.4 Å². The van der Waals surface area contributed by atoms with Gasteiger partial charge in [0.25, 0.3) is 0 Å². The van der Waals surface area contributed by atoms with Gasteiger partial charge in [0, 0.05) is 12.8 Å². The molecule has 1 aromatic heterocycles. The van der Waals surface area contributed by atoms with Crippen LogP contribution in [0.3, 0.4) is 0 Å². The molecule has 0 bridgehead atoms. The Kier molecular flexibility index (Phi) is 5.77. The third-order valence-electron chi connectivity index (χ3n) is 3.62. The SMILES string of the molecule is CC(C)(C)[Si](C)(C)OCCC=Cc1ncccc1Cl. The lowest BCUT2D eigenvalue weighted by atomic mass is 10.2. The molecule has 0 amide bonds. The average Bonchev–Trinajstić information content (AvgIpc) is 2.29. The molecule has 1 heterocycles. The van der Waals surface area contributed by atoms with Crippen molar-refractivity contribution in [3.63, 3.8) is 0 Å². The molecule has 0 aliphatic rings. The molecule has 0 fully saturated rings. The van der Waals surface area contributed by atoms with E-state index in [0.717, 1.165) is 18.7 Å². The molecule has 106 valence electrons. The molecule has 1 rings (SSSR count). The van der Waals surface area contributed by atoms with Gasteiger partial charge in [0.15, 0.2) is 8.32 Å². The Morgan fingerprint density at radius 1 is 1.37 bits per heavy atom. The summed E-state index contributed by atoms with van der Waals surface area (Å²) < 4.78 is 6.10. The summed E-state index contributed by atoms with van der Waals surface area (Å²) >= 11 is 6.03. The highest BCUT2D eigenvalue weighted by Gasteiger charge is 2.36. The number of rotatable bonds is 5. The van der Waals surface area contributed by atoms with E-state index in [4.69, 9.17) is 16.0 Å². The molecule has 0 spiro atoms. The highest BCUT2D eigenvalue weighted by Crippen LogP contribution is 2.36. The summed E-state index contributed by atoms with van der Waals surface area (Å²) in [6, 6.07) is 3.68. The summed E-state index contributed by atoms with van der Waals surface area (Å²) in [4.78, 5) is 4.21. The predicted molar refractivity (Wildman–Crippen MR) is 86.0 cm³/mol. The van der Waals surface area contributed by atoms with E-state index in [-0.39, 0.29) is 5.04 Å². The van der Waals surface area contributed by atoms with Crippen LogP contribution in [0.1, 0.15) is 32.9 Å². The van der Waals surface area contributed by atoms with Crippen molar-refractivity contribution in [1.29, 1.82) is 0 Å². The van der Waals surface area contributed by atoms with Crippen LogP contribution in [0.25, 0.3) is 6.08 Å². The Morgan fingerprint density at radius 2 is 2.05 bits per heavy atom. The lowest BCUT2D eigenvalue weighted by Gasteiger charge is -2.36. The molecule has 0 saturated heterocycles. The Labute approximate surface area is 123 Å². The summed E-state index contributed by atoms with van der Waals surface area (Å²) in [6.07, 6.45) is 6.66. The van der Waals surface area contributed by atoms with Gasteiger partial charge in [0.05, 0.1) is 10.7 Å². The minimum absolute atomic E-state index is 0.265. The molecular formula is C15H24ClNOSi. The zero-order chi connectivity index (χ0) is 14.5. The maximum atomic E-state index is 6.10. The minimum atomic E-state index is -1.62. The van der Waals surface area contributed by atoms with Crippen LogP contribution >= 0.6 is 11.6 Å². The number of aromatic nitrogens is 1. The molecule has 0 aliphatic carbocycles. The molecule has 0 saturated carbocycles. The summed E-state index contributed by atoms with van der Waals surface area (Å²) in [5, 5.41) is 0.949. The second-order valence-corrected chi connectivity index (χ2v) is 11.4. The summed E-state index contributed by atoms with van der Waals surface area (Å²) in [7, 11) is -1.62. The zero-order valence-corrected chi connectivity index (χ0v) is 14.3. The number of nitrogens with zero attached hydrogens (tertiary/aromatic N) is 1. The first-order chi connectivity index (χ1) is 8.74. The maximum Gasteiger partial charge on any atom is 0.191 e. The minimum Gasteiger partial charge on any atom is -0.417 e. The second-order valence-electron chi connectivity index (χ2n) is 6.17. The van der Waals surface area contributed by atoms with Crippen LogP contribution in [0.2, 0.25) is 23.2 Å². The van der Waals surface area contributed by atoms with Crippen LogP contribution in [-0.4, -0.2) is 19.9 Å². The highest BCUT2D eigenvalue weighted by atomic mass is 35.5. The van der Waals surface area contributed by atoms with E-state index in [1.165, 1.54) is 0 Å². The fraction of sp³-hybridized carbons (Fsp3) is 0.533. The van der Waals surface area contributed by atoms with Crippen LogP contribution < -0.4 is 0 Å². The van der Waals surface area contributed by atoms with Gasteiger partial charge in [0.2, 0.25) is 0 Å². The summed E-state index contributed by atoms with van der Waals surface area (Å²) in [6.45, 7) is 12.1. The number of hydrogen-bond donors (Lipinski definition) is 0. The monoisotopic (exact) mass is 297 g/mol. The van der Waals surface area contributed by atoms with Gasteiger partial charge in [-0.1, -0.05) is 38.4 Å². The van der Waals surface area contributed by atoms with E-state index in [1.807, 2.05) is 18.2 Å². The van der Waals surface area contributed by atoms with Gasteiger partial charge in [-0.3, -0.25) is 4.98 Å². The molecule has 0 aliphatic heterocycles. The Balaban J connectivity index is 2.42. The van der Waals surface area contributed by atoms with Gasteiger partial charge in [0.1, 0.15) is 0 Å². The molecule has 4 heteroatoms. The van der Waals surface area contributed by atoms with Crippen molar-refractivity contribution < 1.29 is 4.43 Å². The normalized spacial score (nSPS) is 13.2. The molecule has 0 aromatic carbocycles. The van der Waals surface area contributed by atoms with Crippen molar-refractivity contribution in [2.24, 2.45) is 0 Å². The number of hydrogen-bond acceptors (Lipinski definition) is 2. The first-order valence-electron chi connectivity index (χ1n) is 6.65. The van der Waals surface area contributed by atoms with Gasteiger partial charge in [-0.15, -0.1) is 0 Å². The largest absolute Gasteiger partial charge is 0.417 e. The molecule has 1 aromatic rings. The van der Waals surface area contributed by atoms with Gasteiger partial charge in [-0.25, -0.2) is 0 Å². The number of pyridine rings is 1. The van der Waals surface area contributed by atoms with Crippen LogP contribution in [0.4, 0.5) is 0 Å². The molecule has 0 unspecified atom stereocenters. The van der Waals surface area contributed by atoms with Crippen LogP contribution in [-0.2, 0) is 4.43 Å². The molecule has 0 atom stereocenters. The van der Waals surface area contributed by atoms with E-state index in [2.05, 4.69) is 44.9 Å². The van der Waals surface area contributed by atoms with E-state index in [9.17, 15) is 0 Å². The van der Waals surface area contributed by atoms with E-state index in [0.29, 0.717) is 5.02 Å². The molecule has 19 heavy (non-hydrogen) atoms. The molecule has 2 nitrogen and oxygen atoms in total. The summed E-state index contributed by atoms with van der Waals surface area (Å²) in [5.41, 5.74) is 0.816. The van der Waals surface area contributed by atoms with Crippen molar-refractivity contribution in [1.82, 2.24) is 4.98 Å². The fourth-order valence-corrected chi connectivity index (χ4v) is 2.56. The predicted octanol–water partition coefficient (Wildman–Crippen LogP) is 5.16. The van der Waals surface area contributed by atoms with Gasteiger partial charge >= 0.3 is 0 Å². The van der Waals surface area contributed by atoms with Crippen LogP contribution in [0.5, 0.6) is 0 Å². The van der Waals surface area contributed by atoms with Gasteiger partial charge in [-0.2, -0.15) is 0 Å². The Hall–Kier alpha value is -0.643. The number of halogens is 1. The third kappa shape index (κ3) is 5.09. The standard InChI is InChI=1S/C15H24ClNOSi/c1-15(2,3)19(4,5)18-12-7-6-10-14-13(16)9-8-11-17-14/h6,8-11H,7,12H2,1-5H3. The van der Waals surface area contributed by atoms with Gasteiger partial charge in [-0.05, 0) is 42.8 Å². The lowest BCUT2D eigenvalue weighted by Crippen LogP contribution is -2.40. The quantitative estimate of drug-likeness (QED) is 0.553. The van der Waals surface area contributed by atoms with Crippen molar-refractivity contribution in [2.75, 3.05) is 6.61 Å². The second kappa shape index (κ2) is 6.68. The van der Waals surface area contributed by atoms with E-state index in [1.54, 1.807) is 6.20 Å². The average molecular weight is 298 g/mol. The van der Waals surface area contributed by atoms with Crippen molar-refractivity contribution in [3.05, 3.63) is 35.1 Å². The maximum absolute atomic E-state index is 6.10. The van der Waals surface area contributed by atoms with Crippen molar-refractivity contribution >= 4 is 26.0 Å². The molecule has 0 radical (unpaired) electrons. The highest BCUT2D eigenvalue weighted by molar-refractivity contribution is 6.74. The molecular weight excluding hydrogens is 274 g/mol. The Bertz CT molecular complexity index is 438. The fourth-order valence-electron chi connectivity index (χ4n) is 1.31.